The molecule has 77 heavy (non-hydrogen) atoms. The van der Waals surface area contributed by atoms with E-state index in [2.05, 4.69) is 72.8 Å². The largest absolute Gasteiger partial charge is 0.381 e. The molecule has 2 aliphatic carbocycles. The van der Waals surface area contributed by atoms with Gasteiger partial charge in [0.25, 0.3) is 0 Å². The molecular formula is C59H80N14O4. The number of hydrogen-bond donors (Lipinski definition) is 3. The molecule has 4 aliphatic heterocycles. The first-order valence-electron chi connectivity index (χ1n) is 28.8. The molecule has 8 heterocycles. The molecule has 0 unspecified atom stereocenters. The van der Waals surface area contributed by atoms with E-state index in [9.17, 15) is 9.59 Å². The van der Waals surface area contributed by atoms with Crippen molar-refractivity contribution >= 4 is 11.9 Å². The van der Waals surface area contributed by atoms with E-state index in [1.54, 1.807) is 21.5 Å². The van der Waals surface area contributed by atoms with Gasteiger partial charge in [-0.15, -0.1) is 0 Å². The summed E-state index contributed by atoms with van der Waals surface area (Å²) in [5.74, 6) is 1.27. The van der Waals surface area contributed by atoms with Gasteiger partial charge in [0.15, 0.2) is 0 Å². The highest BCUT2D eigenvalue weighted by atomic mass is 16.5. The molecule has 2 saturated carbocycles. The summed E-state index contributed by atoms with van der Waals surface area (Å²) in [6.45, 7) is 16.0. The minimum atomic E-state index is -0.0307. The molecule has 12 rings (SSSR count). The summed E-state index contributed by atoms with van der Waals surface area (Å²) in [6.07, 6.45) is 20.2. The molecule has 6 fully saturated rings. The van der Waals surface area contributed by atoms with E-state index in [0.29, 0.717) is 62.5 Å². The zero-order valence-electron chi connectivity index (χ0n) is 45.6. The topological polar surface area (TPSA) is 170 Å². The molecule has 0 radical (unpaired) electrons. The van der Waals surface area contributed by atoms with Crippen molar-refractivity contribution in [2.75, 3.05) is 96.5 Å². The lowest BCUT2D eigenvalue weighted by Crippen LogP contribution is -2.50. The van der Waals surface area contributed by atoms with Gasteiger partial charge in [-0.25, -0.2) is 29.5 Å². The summed E-state index contributed by atoms with van der Waals surface area (Å²) in [5, 5.41) is 10.7. The summed E-state index contributed by atoms with van der Waals surface area (Å²) in [4.78, 5) is 54.2. The van der Waals surface area contributed by atoms with Crippen LogP contribution < -0.4 is 27.3 Å². The van der Waals surface area contributed by atoms with E-state index < -0.39 is 0 Å². The predicted molar refractivity (Wildman–Crippen MR) is 303 cm³/mol. The third-order valence-corrected chi connectivity index (χ3v) is 17.1. The number of rotatable bonds is 12. The van der Waals surface area contributed by atoms with E-state index in [1.807, 2.05) is 70.9 Å². The number of nitrogens with zero attached hydrogens (tertiary/aromatic N) is 11. The Morgan fingerprint density at radius 2 is 0.948 bits per heavy atom. The molecule has 3 N–H and O–H groups in total. The van der Waals surface area contributed by atoms with Crippen LogP contribution in [0.4, 0.5) is 11.9 Å². The van der Waals surface area contributed by atoms with Gasteiger partial charge in [0.2, 0.25) is 11.9 Å². The van der Waals surface area contributed by atoms with E-state index in [4.69, 9.17) is 19.4 Å². The zero-order valence-corrected chi connectivity index (χ0v) is 45.6. The van der Waals surface area contributed by atoms with E-state index in [1.165, 1.54) is 51.9 Å². The SMILES string of the molecule is Cc1cccc(-n2c(-c3ccnc(NC4CCC(N5CCN(C)CC5)CC4)n3)cn(C3CCOCC3)c2=O)c1.Cc1cccc(-n2c(-c3ccnc(NC4CCC(N5CCNCC5)CC4)n3)cn(C3CCOCC3)c2=O)c1. The highest BCUT2D eigenvalue weighted by Gasteiger charge is 2.31. The van der Waals surface area contributed by atoms with Crippen LogP contribution in [0.5, 0.6) is 0 Å². The Kier molecular flexibility index (Phi) is 17.0. The smallest absolute Gasteiger partial charge is 0.333 e. The first-order chi connectivity index (χ1) is 37.7. The first kappa shape index (κ1) is 53.0. The number of benzene rings is 2. The van der Waals surface area contributed by atoms with Crippen molar-refractivity contribution in [3.05, 3.63) is 118 Å². The first-order valence-corrected chi connectivity index (χ1v) is 28.8. The normalized spacial score (nSPS) is 23.5. The fourth-order valence-electron chi connectivity index (χ4n) is 12.7. The number of imidazole rings is 2. The van der Waals surface area contributed by atoms with Crippen LogP contribution in [0.2, 0.25) is 0 Å². The maximum absolute atomic E-state index is 13.8. The predicted octanol–water partition coefficient (Wildman–Crippen LogP) is 7.11. The van der Waals surface area contributed by atoms with Crippen molar-refractivity contribution in [1.29, 1.82) is 0 Å². The van der Waals surface area contributed by atoms with Crippen molar-refractivity contribution in [3.63, 3.8) is 0 Å². The molecule has 0 spiro atoms. The van der Waals surface area contributed by atoms with E-state index in [0.717, 1.165) is 123 Å². The fraction of sp³-hybridized carbons (Fsp3) is 0.559. The Bertz CT molecular complexity index is 3000. The van der Waals surface area contributed by atoms with Gasteiger partial charge in [0.1, 0.15) is 0 Å². The fourth-order valence-corrected chi connectivity index (χ4v) is 12.7. The average molecular weight is 1050 g/mol. The number of nitrogens with one attached hydrogen (secondary N) is 3. The highest BCUT2D eigenvalue weighted by molar-refractivity contribution is 5.60. The zero-order chi connectivity index (χ0) is 52.7. The maximum Gasteiger partial charge on any atom is 0.333 e. The molecule has 2 aromatic carbocycles. The molecule has 4 aromatic heterocycles. The van der Waals surface area contributed by atoms with Crippen molar-refractivity contribution in [3.8, 4) is 34.2 Å². The Balaban J connectivity index is 0.000000164. The third kappa shape index (κ3) is 12.6. The summed E-state index contributed by atoms with van der Waals surface area (Å²) in [6, 6.07) is 22.4. The lowest BCUT2D eigenvalue weighted by atomic mass is 9.90. The van der Waals surface area contributed by atoms with Crippen LogP contribution in [-0.4, -0.2) is 163 Å². The second-order valence-corrected chi connectivity index (χ2v) is 22.4. The molecule has 6 aromatic rings. The minimum Gasteiger partial charge on any atom is -0.381 e. The van der Waals surface area contributed by atoms with Gasteiger partial charge in [-0.1, -0.05) is 24.3 Å². The van der Waals surface area contributed by atoms with Crippen molar-refractivity contribution in [1.82, 2.24) is 58.2 Å². The van der Waals surface area contributed by atoms with Gasteiger partial charge in [0, 0.05) is 140 Å². The molecule has 0 atom stereocenters. The van der Waals surface area contributed by atoms with E-state index in [-0.39, 0.29) is 23.5 Å². The van der Waals surface area contributed by atoms with Crippen LogP contribution in [0, 0.1) is 13.8 Å². The second kappa shape index (κ2) is 24.8. The number of aryl methyl sites for hydroxylation is 2. The lowest BCUT2D eigenvalue weighted by molar-refractivity contribution is 0.0685. The molecule has 18 heteroatoms. The number of ether oxygens (including phenoxy) is 2. The standard InChI is InChI=1S/C30H41N7O2.C29H39N7O2/c1-22-4-3-5-26(20-22)37-28(21-36(30(37)38)25-11-18-39-19-12-25)27-10-13-31-29(33-27)32-23-6-8-24(9-7-23)35-16-14-34(2)15-17-35;1-21-3-2-4-25(19-21)36-27(20-35(29(36)37)24-10-17-38-18-11-24)26-9-12-31-28(33-26)32-22-5-7-23(8-6-22)34-15-13-30-14-16-34/h3-5,10,13,20-21,23-25H,6-9,11-12,14-19H2,1-2H3,(H,31,32,33);2-4,9,12,19-20,22-24,30H,5-8,10-11,13-18H2,1H3,(H,31,32,33). The molecular weight excluding hydrogens is 969 g/mol. The van der Waals surface area contributed by atoms with Crippen LogP contribution in [0.15, 0.2) is 95.0 Å². The number of anilines is 2. The van der Waals surface area contributed by atoms with Crippen LogP contribution in [0.25, 0.3) is 34.2 Å². The van der Waals surface area contributed by atoms with Crippen LogP contribution >= 0.6 is 0 Å². The minimum absolute atomic E-state index is 0.0298. The Hall–Kier alpha value is -6.02. The van der Waals surface area contributed by atoms with Crippen LogP contribution in [-0.2, 0) is 9.47 Å². The molecule has 0 amide bonds. The highest BCUT2D eigenvalue weighted by Crippen LogP contribution is 2.31. The molecule has 18 nitrogen and oxygen atoms in total. The maximum atomic E-state index is 13.8. The average Bonchev–Trinajstić information content (AvgIpc) is 4.09. The summed E-state index contributed by atoms with van der Waals surface area (Å²) in [7, 11) is 2.21. The molecule has 6 aliphatic rings. The quantitative estimate of drug-likeness (QED) is 0.113. The summed E-state index contributed by atoms with van der Waals surface area (Å²) in [5.41, 5.74) is 6.97. The van der Waals surface area contributed by atoms with E-state index >= 15 is 0 Å². The van der Waals surface area contributed by atoms with Gasteiger partial charge in [-0.2, -0.15) is 0 Å². The summed E-state index contributed by atoms with van der Waals surface area (Å²) >= 11 is 0. The molecule has 410 valence electrons. The van der Waals surface area contributed by atoms with Gasteiger partial charge in [-0.05, 0) is 145 Å². The lowest BCUT2D eigenvalue weighted by Gasteiger charge is -2.41. The van der Waals surface area contributed by atoms with Crippen molar-refractivity contribution in [2.45, 2.75) is 127 Å². The van der Waals surface area contributed by atoms with Crippen molar-refractivity contribution < 1.29 is 9.47 Å². The third-order valence-electron chi connectivity index (χ3n) is 17.1. The second-order valence-electron chi connectivity index (χ2n) is 22.4. The van der Waals surface area contributed by atoms with Gasteiger partial charge >= 0.3 is 11.4 Å². The van der Waals surface area contributed by atoms with Gasteiger partial charge in [-0.3, -0.25) is 28.1 Å². The van der Waals surface area contributed by atoms with Gasteiger partial charge < -0.3 is 30.3 Å². The number of piperazine rings is 2. The molecule has 4 saturated heterocycles. The number of hydrogen-bond acceptors (Lipinski definition) is 14. The number of aromatic nitrogens is 8. The Labute approximate surface area is 453 Å². The summed E-state index contributed by atoms with van der Waals surface area (Å²) < 4.78 is 18.5. The van der Waals surface area contributed by atoms with Crippen LogP contribution in [0.1, 0.15) is 100 Å². The Morgan fingerprint density at radius 3 is 1.38 bits per heavy atom. The molecule has 0 bridgehead atoms. The van der Waals surface area contributed by atoms with Crippen molar-refractivity contribution in [2.24, 2.45) is 0 Å². The van der Waals surface area contributed by atoms with Crippen LogP contribution in [0.3, 0.4) is 0 Å². The Morgan fingerprint density at radius 1 is 0.519 bits per heavy atom. The monoisotopic (exact) mass is 1050 g/mol. The van der Waals surface area contributed by atoms with Gasteiger partial charge in [0.05, 0.1) is 34.2 Å². The number of likely N-dealkylation sites (N-methyl/N-ethyl adjacent to an activating group) is 1.